The van der Waals surface area contributed by atoms with Gasteiger partial charge in [0.1, 0.15) is 0 Å². The average molecular weight is 228 g/mol. The van der Waals surface area contributed by atoms with E-state index in [0.717, 1.165) is 32.7 Å². The maximum atomic E-state index is 11.9. The molecule has 0 aromatic carbocycles. The van der Waals surface area contributed by atoms with E-state index in [9.17, 15) is 4.79 Å². The van der Waals surface area contributed by atoms with E-state index in [4.69, 9.17) is 0 Å². The quantitative estimate of drug-likeness (QED) is 0.636. The highest BCUT2D eigenvalue weighted by molar-refractivity contribution is 5.76. The second-order valence-corrected chi connectivity index (χ2v) is 4.36. The molecule has 0 aromatic heterocycles. The summed E-state index contributed by atoms with van der Waals surface area (Å²) in [6.07, 6.45) is 0.679. The van der Waals surface area contributed by atoms with Crippen LogP contribution in [-0.2, 0) is 4.79 Å². The van der Waals surface area contributed by atoms with Gasteiger partial charge in [-0.15, -0.1) is 0 Å². The lowest BCUT2D eigenvalue weighted by molar-refractivity contribution is -0.131. The summed E-state index contributed by atoms with van der Waals surface area (Å²) in [6.45, 7) is 15.4. The number of nitrogens with zero attached hydrogens (tertiary/aromatic N) is 2. The zero-order valence-electron chi connectivity index (χ0n) is 11.6. The fourth-order valence-corrected chi connectivity index (χ4v) is 1.99. The van der Waals surface area contributed by atoms with Crippen molar-refractivity contribution in [2.24, 2.45) is 5.92 Å². The van der Waals surface area contributed by atoms with Crippen molar-refractivity contribution in [3.05, 3.63) is 0 Å². The van der Waals surface area contributed by atoms with Crippen LogP contribution in [0.25, 0.3) is 0 Å². The summed E-state index contributed by atoms with van der Waals surface area (Å²) >= 11 is 0. The van der Waals surface area contributed by atoms with E-state index >= 15 is 0 Å². The van der Waals surface area contributed by atoms with Crippen LogP contribution in [0.15, 0.2) is 0 Å². The topological polar surface area (TPSA) is 23.6 Å². The summed E-state index contributed by atoms with van der Waals surface area (Å²) in [7, 11) is 0. The number of hydrogen-bond acceptors (Lipinski definition) is 2. The van der Waals surface area contributed by atoms with Gasteiger partial charge in [0.15, 0.2) is 0 Å². The standard InChI is InChI=1S/C13H28N2O/c1-6-14(7-2)11-12(5)10-13(16)15(8-3)9-4/h12H,6-11H2,1-5H3. The van der Waals surface area contributed by atoms with Crippen LogP contribution in [-0.4, -0.2) is 48.4 Å². The van der Waals surface area contributed by atoms with Gasteiger partial charge in [0, 0.05) is 26.1 Å². The highest BCUT2D eigenvalue weighted by Crippen LogP contribution is 2.07. The van der Waals surface area contributed by atoms with Gasteiger partial charge in [-0.05, 0) is 32.9 Å². The molecule has 0 rings (SSSR count). The van der Waals surface area contributed by atoms with E-state index in [0.29, 0.717) is 18.2 Å². The van der Waals surface area contributed by atoms with Crippen molar-refractivity contribution in [1.82, 2.24) is 9.80 Å². The molecule has 0 spiro atoms. The predicted octanol–water partition coefficient (Wildman–Crippen LogP) is 2.22. The second-order valence-electron chi connectivity index (χ2n) is 4.36. The fourth-order valence-electron chi connectivity index (χ4n) is 1.99. The lowest BCUT2D eigenvalue weighted by Crippen LogP contribution is -2.34. The highest BCUT2D eigenvalue weighted by atomic mass is 16.2. The van der Waals surface area contributed by atoms with E-state index in [-0.39, 0.29) is 0 Å². The van der Waals surface area contributed by atoms with Gasteiger partial charge in [-0.3, -0.25) is 4.79 Å². The van der Waals surface area contributed by atoms with Crippen LogP contribution in [0, 0.1) is 5.92 Å². The third-order valence-corrected chi connectivity index (χ3v) is 3.10. The first-order valence-corrected chi connectivity index (χ1v) is 6.58. The molecule has 1 atom stereocenters. The summed E-state index contributed by atoms with van der Waals surface area (Å²) < 4.78 is 0. The summed E-state index contributed by atoms with van der Waals surface area (Å²) in [5, 5.41) is 0. The van der Waals surface area contributed by atoms with Crippen LogP contribution in [0.4, 0.5) is 0 Å². The zero-order valence-corrected chi connectivity index (χ0v) is 11.6. The van der Waals surface area contributed by atoms with Crippen LogP contribution in [0.2, 0.25) is 0 Å². The van der Waals surface area contributed by atoms with Crippen molar-refractivity contribution in [1.29, 1.82) is 0 Å². The number of carbonyl (C=O) groups is 1. The number of rotatable bonds is 8. The zero-order chi connectivity index (χ0) is 12.6. The van der Waals surface area contributed by atoms with Gasteiger partial charge in [0.05, 0.1) is 0 Å². The molecule has 16 heavy (non-hydrogen) atoms. The smallest absolute Gasteiger partial charge is 0.222 e. The molecule has 0 fully saturated rings. The van der Waals surface area contributed by atoms with Crippen LogP contribution in [0.1, 0.15) is 41.0 Å². The largest absolute Gasteiger partial charge is 0.343 e. The summed E-state index contributed by atoms with van der Waals surface area (Å²) in [5.41, 5.74) is 0. The molecular weight excluding hydrogens is 200 g/mol. The molecule has 0 saturated carbocycles. The van der Waals surface area contributed by atoms with Crippen molar-refractivity contribution in [2.45, 2.75) is 41.0 Å². The summed E-state index contributed by atoms with van der Waals surface area (Å²) in [6, 6.07) is 0. The molecule has 0 N–H and O–H groups in total. The Bertz CT molecular complexity index is 186. The molecular formula is C13H28N2O. The maximum Gasteiger partial charge on any atom is 0.222 e. The summed E-state index contributed by atoms with van der Waals surface area (Å²) in [5.74, 6) is 0.748. The van der Waals surface area contributed by atoms with Crippen LogP contribution in [0.3, 0.4) is 0 Å². The number of hydrogen-bond donors (Lipinski definition) is 0. The number of carbonyl (C=O) groups excluding carboxylic acids is 1. The van der Waals surface area contributed by atoms with Crippen molar-refractivity contribution < 1.29 is 4.79 Å². The minimum Gasteiger partial charge on any atom is -0.343 e. The van der Waals surface area contributed by atoms with E-state index in [2.05, 4.69) is 25.7 Å². The third kappa shape index (κ3) is 5.50. The lowest BCUT2D eigenvalue weighted by Gasteiger charge is -2.25. The lowest BCUT2D eigenvalue weighted by atomic mass is 10.1. The molecule has 1 unspecified atom stereocenters. The first-order chi connectivity index (χ1) is 7.58. The molecule has 3 nitrogen and oxygen atoms in total. The minimum absolute atomic E-state index is 0.296. The Morgan fingerprint density at radius 1 is 1.00 bits per heavy atom. The second kappa shape index (κ2) is 8.57. The molecule has 0 aliphatic heterocycles. The van der Waals surface area contributed by atoms with Crippen LogP contribution >= 0.6 is 0 Å². The van der Waals surface area contributed by atoms with E-state index in [1.165, 1.54) is 0 Å². The Morgan fingerprint density at radius 2 is 1.50 bits per heavy atom. The SMILES string of the molecule is CCN(CC)CC(C)CC(=O)N(CC)CC. The molecule has 0 saturated heterocycles. The molecule has 96 valence electrons. The van der Waals surface area contributed by atoms with Crippen LogP contribution < -0.4 is 0 Å². The fraction of sp³-hybridized carbons (Fsp3) is 0.923. The normalized spacial score (nSPS) is 12.9. The summed E-state index contributed by atoms with van der Waals surface area (Å²) in [4.78, 5) is 16.2. The van der Waals surface area contributed by atoms with Gasteiger partial charge in [0.2, 0.25) is 5.91 Å². The van der Waals surface area contributed by atoms with Crippen molar-refractivity contribution in [3.63, 3.8) is 0 Å². The molecule has 0 aliphatic carbocycles. The molecule has 0 aliphatic rings. The molecule has 3 heteroatoms. The Balaban J connectivity index is 4.03. The molecule has 0 heterocycles. The third-order valence-electron chi connectivity index (χ3n) is 3.10. The Labute approximate surface area is 101 Å². The van der Waals surface area contributed by atoms with Gasteiger partial charge >= 0.3 is 0 Å². The number of amides is 1. The average Bonchev–Trinajstić information content (AvgIpc) is 2.27. The Morgan fingerprint density at radius 3 is 1.88 bits per heavy atom. The van der Waals surface area contributed by atoms with Gasteiger partial charge in [-0.2, -0.15) is 0 Å². The predicted molar refractivity (Wildman–Crippen MR) is 69.5 cm³/mol. The van der Waals surface area contributed by atoms with Gasteiger partial charge < -0.3 is 9.80 Å². The van der Waals surface area contributed by atoms with Crippen molar-refractivity contribution in [2.75, 3.05) is 32.7 Å². The molecule has 0 aromatic rings. The first kappa shape index (κ1) is 15.4. The molecule has 0 bridgehead atoms. The first-order valence-electron chi connectivity index (χ1n) is 6.58. The molecule has 0 radical (unpaired) electrons. The van der Waals surface area contributed by atoms with E-state index < -0.39 is 0 Å². The van der Waals surface area contributed by atoms with Gasteiger partial charge in [0.25, 0.3) is 0 Å². The van der Waals surface area contributed by atoms with Crippen molar-refractivity contribution >= 4 is 5.91 Å². The van der Waals surface area contributed by atoms with Crippen LogP contribution in [0.5, 0.6) is 0 Å². The van der Waals surface area contributed by atoms with E-state index in [1.807, 2.05) is 18.7 Å². The monoisotopic (exact) mass is 228 g/mol. The van der Waals surface area contributed by atoms with Gasteiger partial charge in [-0.1, -0.05) is 20.8 Å². The minimum atomic E-state index is 0.296. The molecule has 1 amide bonds. The Kier molecular flexibility index (Phi) is 8.26. The van der Waals surface area contributed by atoms with Crippen molar-refractivity contribution in [3.8, 4) is 0 Å². The maximum absolute atomic E-state index is 11.9. The Hall–Kier alpha value is -0.570. The van der Waals surface area contributed by atoms with E-state index in [1.54, 1.807) is 0 Å². The highest BCUT2D eigenvalue weighted by Gasteiger charge is 2.15. The van der Waals surface area contributed by atoms with Gasteiger partial charge in [-0.25, -0.2) is 0 Å².